The van der Waals surface area contributed by atoms with Crippen LogP contribution in [0.1, 0.15) is 27.9 Å². The number of nitrogens with zero attached hydrogens (tertiary/aromatic N) is 1. The van der Waals surface area contributed by atoms with Crippen molar-refractivity contribution in [2.24, 2.45) is 0 Å². The summed E-state index contributed by atoms with van der Waals surface area (Å²) in [5.74, 6) is -1.61. The van der Waals surface area contributed by atoms with Gasteiger partial charge in [0, 0.05) is 23.6 Å². The van der Waals surface area contributed by atoms with Crippen LogP contribution in [0.25, 0.3) is 22.0 Å². The SMILES string of the molecule is COC(=O)CCc1cn(C(=O)c2cccc(-c3ccc(OC(F)(F)F)cc3)c2C)c2ccc(F)cc12. The zero-order chi connectivity index (χ0) is 26.0. The molecule has 4 aromatic rings. The summed E-state index contributed by atoms with van der Waals surface area (Å²) < 4.78 is 61.4. The van der Waals surface area contributed by atoms with Crippen LogP contribution in [0.2, 0.25) is 0 Å². The van der Waals surface area contributed by atoms with Gasteiger partial charge in [-0.3, -0.25) is 14.2 Å². The van der Waals surface area contributed by atoms with Crippen molar-refractivity contribution < 1.29 is 36.6 Å². The molecule has 0 N–H and O–H groups in total. The summed E-state index contributed by atoms with van der Waals surface area (Å²) >= 11 is 0. The smallest absolute Gasteiger partial charge is 0.469 e. The van der Waals surface area contributed by atoms with Crippen LogP contribution in [0.5, 0.6) is 5.75 Å². The molecule has 1 heterocycles. The number of carbonyl (C=O) groups is 2. The van der Waals surface area contributed by atoms with Crippen molar-refractivity contribution in [3.05, 3.63) is 89.4 Å². The second-order valence-corrected chi connectivity index (χ2v) is 8.12. The van der Waals surface area contributed by atoms with Gasteiger partial charge in [-0.05, 0) is 72.0 Å². The Hall–Kier alpha value is -4.14. The van der Waals surface area contributed by atoms with Crippen molar-refractivity contribution in [1.82, 2.24) is 4.57 Å². The van der Waals surface area contributed by atoms with Crippen LogP contribution in [0.3, 0.4) is 0 Å². The zero-order valence-corrected chi connectivity index (χ0v) is 19.4. The maximum absolute atomic E-state index is 14.0. The third-order valence-corrected chi connectivity index (χ3v) is 5.86. The van der Waals surface area contributed by atoms with E-state index in [2.05, 4.69) is 9.47 Å². The molecule has 0 saturated heterocycles. The van der Waals surface area contributed by atoms with Gasteiger partial charge in [0.1, 0.15) is 11.6 Å². The maximum atomic E-state index is 14.0. The Morgan fingerprint density at radius 3 is 2.39 bits per heavy atom. The minimum Gasteiger partial charge on any atom is -0.469 e. The van der Waals surface area contributed by atoms with E-state index in [1.54, 1.807) is 31.3 Å². The van der Waals surface area contributed by atoms with Gasteiger partial charge in [-0.1, -0.05) is 24.3 Å². The van der Waals surface area contributed by atoms with Crippen LogP contribution < -0.4 is 4.74 Å². The summed E-state index contributed by atoms with van der Waals surface area (Å²) in [5, 5.41) is 0.515. The van der Waals surface area contributed by atoms with E-state index in [0.29, 0.717) is 38.7 Å². The lowest BCUT2D eigenvalue weighted by molar-refractivity contribution is -0.274. The molecule has 0 aliphatic rings. The maximum Gasteiger partial charge on any atom is 0.573 e. The van der Waals surface area contributed by atoms with Crippen molar-refractivity contribution in [1.29, 1.82) is 0 Å². The van der Waals surface area contributed by atoms with E-state index < -0.39 is 18.1 Å². The fraction of sp³-hybridized carbons (Fsp3) is 0.185. The van der Waals surface area contributed by atoms with E-state index in [9.17, 15) is 27.2 Å². The second-order valence-electron chi connectivity index (χ2n) is 8.12. The van der Waals surface area contributed by atoms with E-state index in [-0.39, 0.29) is 24.5 Å². The molecule has 0 atom stereocenters. The average Bonchev–Trinajstić information content (AvgIpc) is 3.19. The first-order chi connectivity index (χ1) is 17.1. The van der Waals surface area contributed by atoms with Crippen molar-refractivity contribution in [2.75, 3.05) is 7.11 Å². The van der Waals surface area contributed by atoms with Crippen LogP contribution in [0.15, 0.2) is 66.9 Å². The molecule has 0 radical (unpaired) electrons. The van der Waals surface area contributed by atoms with Crippen molar-refractivity contribution in [3.63, 3.8) is 0 Å². The number of alkyl halides is 3. The number of aryl methyl sites for hydroxylation is 1. The number of fused-ring (bicyclic) bond motifs is 1. The number of ether oxygens (including phenoxy) is 2. The summed E-state index contributed by atoms with van der Waals surface area (Å²) in [6.45, 7) is 1.74. The van der Waals surface area contributed by atoms with E-state index in [0.717, 1.165) is 0 Å². The van der Waals surface area contributed by atoms with E-state index in [4.69, 9.17) is 0 Å². The number of methoxy groups -OCH3 is 1. The fourth-order valence-electron chi connectivity index (χ4n) is 4.12. The highest BCUT2D eigenvalue weighted by molar-refractivity contribution is 6.05. The van der Waals surface area contributed by atoms with Gasteiger partial charge in [0.15, 0.2) is 0 Å². The van der Waals surface area contributed by atoms with Gasteiger partial charge in [0.05, 0.1) is 12.6 Å². The highest BCUT2D eigenvalue weighted by atomic mass is 19.4. The quantitative estimate of drug-likeness (QED) is 0.226. The number of benzene rings is 3. The van der Waals surface area contributed by atoms with Gasteiger partial charge >= 0.3 is 12.3 Å². The van der Waals surface area contributed by atoms with Crippen molar-refractivity contribution in [3.8, 4) is 16.9 Å². The Morgan fingerprint density at radius 2 is 1.72 bits per heavy atom. The molecule has 0 aliphatic heterocycles. The molecule has 0 aliphatic carbocycles. The third kappa shape index (κ3) is 5.25. The van der Waals surface area contributed by atoms with Crippen LogP contribution in [0, 0.1) is 12.7 Å². The Kier molecular flexibility index (Phi) is 6.83. The van der Waals surface area contributed by atoms with Crippen molar-refractivity contribution >= 4 is 22.8 Å². The van der Waals surface area contributed by atoms with Gasteiger partial charge < -0.3 is 9.47 Å². The molecular formula is C27H21F4NO4. The zero-order valence-electron chi connectivity index (χ0n) is 19.4. The van der Waals surface area contributed by atoms with Gasteiger partial charge in [-0.15, -0.1) is 13.2 Å². The molecule has 0 spiro atoms. The van der Waals surface area contributed by atoms with Gasteiger partial charge in [0.25, 0.3) is 5.91 Å². The van der Waals surface area contributed by atoms with E-state index in [1.165, 1.54) is 54.1 Å². The lowest BCUT2D eigenvalue weighted by Gasteiger charge is -2.13. The highest BCUT2D eigenvalue weighted by Gasteiger charge is 2.31. The molecule has 5 nitrogen and oxygen atoms in total. The summed E-state index contributed by atoms with van der Waals surface area (Å²) in [6, 6.07) is 14.5. The molecule has 4 rings (SSSR count). The molecule has 0 amide bonds. The molecule has 1 aromatic heterocycles. The summed E-state index contributed by atoms with van der Waals surface area (Å²) in [5.41, 5.74) is 3.36. The van der Waals surface area contributed by atoms with Crippen LogP contribution in [-0.4, -0.2) is 29.9 Å². The average molecular weight is 499 g/mol. The molecule has 186 valence electrons. The van der Waals surface area contributed by atoms with Crippen LogP contribution >= 0.6 is 0 Å². The molecule has 0 saturated carbocycles. The Balaban J connectivity index is 1.71. The number of hydrogen-bond donors (Lipinski definition) is 0. The normalized spacial score (nSPS) is 11.5. The monoisotopic (exact) mass is 499 g/mol. The molecule has 9 heteroatoms. The van der Waals surface area contributed by atoms with E-state index in [1.807, 2.05) is 0 Å². The van der Waals surface area contributed by atoms with Crippen molar-refractivity contribution in [2.45, 2.75) is 26.1 Å². The number of halogens is 4. The largest absolute Gasteiger partial charge is 0.573 e. The number of aromatic nitrogens is 1. The van der Waals surface area contributed by atoms with Gasteiger partial charge in [0.2, 0.25) is 0 Å². The standard InChI is InChI=1S/C27H21F4NO4/c1-16-21(17-6-10-20(11-7-17)36-27(29,30)31)4-3-5-22(16)26(34)32-15-18(8-13-25(33)35-2)23-14-19(28)9-12-24(23)32/h3-7,9-12,14-15H,8,13H2,1-2H3. The fourth-order valence-corrected chi connectivity index (χ4v) is 4.12. The Bertz CT molecular complexity index is 1440. The predicted molar refractivity (Wildman–Crippen MR) is 125 cm³/mol. The van der Waals surface area contributed by atoms with E-state index >= 15 is 0 Å². The lowest BCUT2D eigenvalue weighted by atomic mass is 9.96. The lowest BCUT2D eigenvalue weighted by Crippen LogP contribution is -2.16. The molecular weight excluding hydrogens is 478 g/mol. The summed E-state index contributed by atoms with van der Waals surface area (Å²) in [7, 11) is 1.28. The number of esters is 1. The molecule has 3 aromatic carbocycles. The third-order valence-electron chi connectivity index (χ3n) is 5.86. The molecule has 0 bridgehead atoms. The molecule has 36 heavy (non-hydrogen) atoms. The predicted octanol–water partition coefficient (Wildman–Crippen LogP) is 6.45. The minimum absolute atomic E-state index is 0.0723. The van der Waals surface area contributed by atoms with Crippen LogP contribution in [0.4, 0.5) is 17.6 Å². The molecule has 0 fully saturated rings. The molecule has 0 unspecified atom stereocenters. The number of carbonyl (C=O) groups excluding carboxylic acids is 2. The highest BCUT2D eigenvalue weighted by Crippen LogP contribution is 2.31. The summed E-state index contributed by atoms with van der Waals surface area (Å²) in [6.07, 6.45) is -2.87. The Labute approximate surface area is 203 Å². The summed E-state index contributed by atoms with van der Waals surface area (Å²) in [4.78, 5) is 25.2. The second kappa shape index (κ2) is 9.85. The number of hydrogen-bond acceptors (Lipinski definition) is 4. The minimum atomic E-state index is -4.79. The van der Waals surface area contributed by atoms with Gasteiger partial charge in [-0.2, -0.15) is 0 Å². The first-order valence-corrected chi connectivity index (χ1v) is 10.9. The van der Waals surface area contributed by atoms with Crippen LogP contribution in [-0.2, 0) is 16.0 Å². The topological polar surface area (TPSA) is 57.5 Å². The van der Waals surface area contributed by atoms with Gasteiger partial charge in [-0.25, -0.2) is 4.39 Å². The number of rotatable bonds is 6. The Morgan fingerprint density at radius 1 is 1.00 bits per heavy atom. The first kappa shape index (κ1) is 25.0. The first-order valence-electron chi connectivity index (χ1n) is 10.9.